The monoisotopic (exact) mass is 447 g/mol. The van der Waals surface area contributed by atoms with Crippen molar-refractivity contribution in [3.63, 3.8) is 0 Å². The second-order valence-electron chi connectivity index (χ2n) is 6.87. The Labute approximate surface area is 169 Å². The van der Waals surface area contributed by atoms with Crippen molar-refractivity contribution in [3.05, 3.63) is 65.7 Å². The summed E-state index contributed by atoms with van der Waals surface area (Å²) in [6, 6.07) is 20.6. The van der Waals surface area contributed by atoms with E-state index in [2.05, 4.69) is 61.5 Å². The molecule has 1 aliphatic rings. The first-order valence-electron chi connectivity index (χ1n) is 8.95. The first-order chi connectivity index (χ1) is 12.2. The Balaban J connectivity index is 0.000000569. The Kier molecular flexibility index (Phi) is 7.29. The van der Waals surface area contributed by atoms with E-state index >= 15 is 0 Å². The van der Waals surface area contributed by atoms with Crippen molar-refractivity contribution < 1.29 is 20.8 Å². The topological polar surface area (TPSA) is 0 Å². The summed E-state index contributed by atoms with van der Waals surface area (Å²) < 4.78 is 0. The number of hydrogen-bond donors (Lipinski definition) is 0. The van der Waals surface area contributed by atoms with Gasteiger partial charge in [-0.15, -0.1) is 34.5 Å². The van der Waals surface area contributed by atoms with Crippen LogP contribution >= 0.6 is 17.0 Å². The summed E-state index contributed by atoms with van der Waals surface area (Å²) in [5, 5.41) is 2.73. The van der Waals surface area contributed by atoms with Crippen molar-refractivity contribution in [2.75, 3.05) is 0 Å². The van der Waals surface area contributed by atoms with Crippen LogP contribution in [-0.2, 0) is 20.8 Å². The van der Waals surface area contributed by atoms with E-state index in [1.54, 1.807) is 0 Å². The van der Waals surface area contributed by atoms with E-state index in [-0.39, 0.29) is 0 Å². The molecule has 0 radical (unpaired) electrons. The molecule has 0 nitrogen and oxygen atoms in total. The van der Waals surface area contributed by atoms with Gasteiger partial charge < -0.3 is 0 Å². The van der Waals surface area contributed by atoms with Crippen LogP contribution in [0.4, 0.5) is 0 Å². The minimum absolute atomic E-state index is 0.791. The van der Waals surface area contributed by atoms with Crippen molar-refractivity contribution in [1.82, 2.24) is 0 Å². The first kappa shape index (κ1) is 19.3. The van der Waals surface area contributed by atoms with Crippen LogP contribution in [0.5, 0.6) is 0 Å². The Bertz CT molecular complexity index is 799. The average Bonchev–Trinajstić information content (AvgIpc) is 3.03. The molecule has 130 valence electrons. The van der Waals surface area contributed by atoms with Crippen molar-refractivity contribution in [2.24, 2.45) is 0 Å². The van der Waals surface area contributed by atoms with Gasteiger partial charge in [0.25, 0.3) is 0 Å². The molecular weight excluding hydrogens is 426 g/mol. The summed E-state index contributed by atoms with van der Waals surface area (Å²) in [6.07, 6.45) is 6.97. The van der Waals surface area contributed by atoms with Crippen LogP contribution < -0.4 is 0 Å². The summed E-state index contributed by atoms with van der Waals surface area (Å²) in [5.41, 5.74) is 5.59. The maximum atomic E-state index is 4.93. The second-order valence-corrected chi connectivity index (χ2v) is 10.6. The Morgan fingerprint density at radius 3 is 2.32 bits per heavy atom. The van der Waals surface area contributed by atoms with Crippen molar-refractivity contribution >= 4 is 27.8 Å². The van der Waals surface area contributed by atoms with Gasteiger partial charge in [0.1, 0.15) is 0 Å². The van der Waals surface area contributed by atoms with E-state index in [9.17, 15) is 0 Å². The van der Waals surface area contributed by atoms with E-state index in [1.165, 1.54) is 65.1 Å². The summed E-state index contributed by atoms with van der Waals surface area (Å²) in [6.45, 7) is 2.18. The third-order valence-electron chi connectivity index (χ3n) is 5.19. The molecule has 0 atom stereocenters. The zero-order valence-corrected chi connectivity index (χ0v) is 18.5. The predicted molar refractivity (Wildman–Crippen MR) is 107 cm³/mol. The van der Waals surface area contributed by atoms with Gasteiger partial charge in [-0.2, -0.15) is 6.07 Å². The molecule has 1 aliphatic carbocycles. The number of aryl methyl sites for hydroxylation is 1. The molecule has 0 bridgehead atoms. The molecule has 4 rings (SSSR count). The van der Waals surface area contributed by atoms with Gasteiger partial charge in [0.2, 0.25) is 0 Å². The average molecular weight is 450 g/mol. The minimum atomic E-state index is -0.826. The molecular formula is C22H23Cl2Zr-. The molecule has 3 aromatic rings. The fourth-order valence-corrected chi connectivity index (χ4v) is 4.01. The molecule has 0 spiro atoms. The molecule has 0 unspecified atom stereocenters. The summed E-state index contributed by atoms with van der Waals surface area (Å²) in [7, 11) is 9.87. The number of rotatable bonds is 2. The zero-order valence-electron chi connectivity index (χ0n) is 14.6. The Hall–Kier alpha value is -0.487. The molecule has 0 aromatic heterocycles. The van der Waals surface area contributed by atoms with Crippen molar-refractivity contribution in [2.45, 2.75) is 44.9 Å². The fourth-order valence-electron chi connectivity index (χ4n) is 4.01. The van der Waals surface area contributed by atoms with Crippen LogP contribution in [0.3, 0.4) is 0 Å². The Morgan fingerprint density at radius 2 is 1.64 bits per heavy atom. The zero-order chi connectivity index (χ0) is 17.6. The molecule has 3 heteroatoms. The molecule has 3 aromatic carbocycles. The fraction of sp³-hybridized carbons (Fsp3) is 0.318. The standard InChI is InChI=1S/C22H23.2ClH.Zr/c1-16-14-20-8-5-9-21(22(20)15-16)19-12-10-18(11-13-19)17-6-3-2-4-7-17;;;/h5,8-15,17H,2-4,6-7H2,1H3;2*1H;/q-1;;;+2/p-2. The van der Waals surface area contributed by atoms with Crippen molar-refractivity contribution in [1.29, 1.82) is 0 Å². The molecule has 0 N–H and O–H groups in total. The molecule has 0 saturated heterocycles. The van der Waals surface area contributed by atoms with Gasteiger partial charge in [-0.25, -0.2) is 0 Å². The third-order valence-corrected chi connectivity index (χ3v) is 5.19. The number of halogens is 2. The van der Waals surface area contributed by atoms with E-state index < -0.39 is 20.8 Å². The summed E-state index contributed by atoms with van der Waals surface area (Å²) in [4.78, 5) is 0. The van der Waals surface area contributed by atoms with Crippen LogP contribution in [0, 0.1) is 6.92 Å². The molecule has 1 fully saturated rings. The molecule has 25 heavy (non-hydrogen) atoms. The van der Waals surface area contributed by atoms with E-state index in [4.69, 9.17) is 17.0 Å². The van der Waals surface area contributed by atoms with E-state index in [1.807, 2.05) is 0 Å². The third kappa shape index (κ3) is 4.82. The van der Waals surface area contributed by atoms with Gasteiger partial charge in [0.15, 0.2) is 0 Å². The SMILES string of the molecule is Cc1cc2c(-c3ccc(C4CCCCC4)cc3)cccc2[cH-]1.[Cl][Zr][Cl]. The van der Waals surface area contributed by atoms with Gasteiger partial charge in [0, 0.05) is 0 Å². The van der Waals surface area contributed by atoms with E-state index in [0.29, 0.717) is 0 Å². The summed E-state index contributed by atoms with van der Waals surface area (Å²) >= 11 is -0.826. The van der Waals surface area contributed by atoms with E-state index in [0.717, 1.165) is 5.92 Å². The molecule has 0 amide bonds. The molecule has 0 aliphatic heterocycles. The molecule has 1 saturated carbocycles. The van der Waals surface area contributed by atoms with Crippen molar-refractivity contribution in [3.8, 4) is 11.1 Å². The summed E-state index contributed by atoms with van der Waals surface area (Å²) in [5.74, 6) is 0.791. The first-order valence-corrected chi connectivity index (χ1v) is 15.3. The van der Waals surface area contributed by atoms with Gasteiger partial charge in [0.05, 0.1) is 0 Å². The quantitative estimate of drug-likeness (QED) is 0.348. The number of benzene rings is 2. The van der Waals surface area contributed by atoms with Crippen LogP contribution in [-0.4, -0.2) is 0 Å². The van der Waals surface area contributed by atoms with Gasteiger partial charge >= 0.3 is 37.9 Å². The number of hydrogen-bond acceptors (Lipinski definition) is 0. The van der Waals surface area contributed by atoms with Crippen LogP contribution in [0.25, 0.3) is 21.9 Å². The van der Waals surface area contributed by atoms with Crippen LogP contribution in [0.15, 0.2) is 54.6 Å². The maximum absolute atomic E-state index is 4.93. The molecule has 0 heterocycles. The predicted octanol–water partition coefficient (Wildman–Crippen LogP) is 7.96. The van der Waals surface area contributed by atoms with Gasteiger partial charge in [-0.3, -0.25) is 0 Å². The normalized spacial score (nSPS) is 14.8. The number of fused-ring (bicyclic) bond motifs is 1. The van der Waals surface area contributed by atoms with Crippen LogP contribution in [0.1, 0.15) is 49.1 Å². The van der Waals surface area contributed by atoms with Gasteiger partial charge in [-0.05, 0) is 29.9 Å². The Morgan fingerprint density at radius 1 is 0.960 bits per heavy atom. The second kappa shape index (κ2) is 9.45. The van der Waals surface area contributed by atoms with Gasteiger partial charge in [-0.1, -0.05) is 62.1 Å². The van der Waals surface area contributed by atoms with Crippen LogP contribution in [0.2, 0.25) is 0 Å².